The molecule has 0 saturated heterocycles. The van der Waals surface area contributed by atoms with Crippen LogP contribution in [0.1, 0.15) is 17.8 Å². The molecule has 0 aliphatic carbocycles. The number of fused-ring (bicyclic) bond motifs is 1. The average Bonchev–Trinajstić information content (AvgIpc) is 2.95. The van der Waals surface area contributed by atoms with Gasteiger partial charge in [-0.3, -0.25) is 4.79 Å². The van der Waals surface area contributed by atoms with E-state index in [0.717, 1.165) is 0 Å². The van der Waals surface area contributed by atoms with Crippen LogP contribution in [0.3, 0.4) is 0 Å². The van der Waals surface area contributed by atoms with Crippen LogP contribution in [0.15, 0.2) is 28.8 Å². The van der Waals surface area contributed by atoms with Crippen molar-refractivity contribution in [2.24, 2.45) is 0 Å². The fraction of sp³-hybridized carbons (Fsp3) is 0.308. The van der Waals surface area contributed by atoms with Gasteiger partial charge < -0.3 is 14.0 Å². The first-order valence-corrected chi connectivity index (χ1v) is 6.15. The number of ether oxygens (including phenoxy) is 2. The van der Waals surface area contributed by atoms with Crippen LogP contribution in [0.5, 0.6) is 11.5 Å². The molecule has 0 fully saturated rings. The van der Waals surface area contributed by atoms with E-state index in [-0.39, 0.29) is 18.3 Å². The van der Waals surface area contributed by atoms with E-state index in [2.05, 4.69) is 10.1 Å². The molecule has 0 spiro atoms. The van der Waals surface area contributed by atoms with Gasteiger partial charge in [0.05, 0.1) is 6.42 Å². The number of nitrogens with zero attached hydrogens (tertiary/aromatic N) is 2. The Hall–Kier alpha value is -2.51. The molecule has 0 saturated carbocycles. The first kappa shape index (κ1) is 13.5. The standard InChI is InChI=1S/C13H10F2N2O4/c14-12(15)7(18)5-11-16-13(17-21-11)10-6-19-8-3-1-2-4-9(8)20-10/h1-4,10,12H,5-6H2. The van der Waals surface area contributed by atoms with Gasteiger partial charge in [-0.2, -0.15) is 4.98 Å². The topological polar surface area (TPSA) is 74.5 Å². The molecule has 2 aromatic rings. The fourth-order valence-corrected chi connectivity index (χ4v) is 1.84. The first-order chi connectivity index (χ1) is 10.1. The molecule has 0 radical (unpaired) electrons. The molecule has 1 aliphatic rings. The number of carbonyl (C=O) groups excluding carboxylic acids is 1. The summed E-state index contributed by atoms with van der Waals surface area (Å²) >= 11 is 0. The lowest BCUT2D eigenvalue weighted by Crippen LogP contribution is -2.22. The Morgan fingerprint density at radius 1 is 1.33 bits per heavy atom. The van der Waals surface area contributed by atoms with Crippen molar-refractivity contribution >= 4 is 5.78 Å². The number of alkyl halides is 2. The number of hydrogen-bond acceptors (Lipinski definition) is 6. The molecule has 0 bridgehead atoms. The van der Waals surface area contributed by atoms with Gasteiger partial charge in [-0.25, -0.2) is 8.78 Å². The van der Waals surface area contributed by atoms with Crippen molar-refractivity contribution in [3.05, 3.63) is 36.0 Å². The first-order valence-electron chi connectivity index (χ1n) is 6.15. The summed E-state index contributed by atoms with van der Waals surface area (Å²) in [6, 6.07) is 7.08. The predicted molar refractivity (Wildman–Crippen MR) is 64.3 cm³/mol. The number of aromatic nitrogens is 2. The van der Waals surface area contributed by atoms with Crippen LogP contribution in [0.2, 0.25) is 0 Å². The van der Waals surface area contributed by atoms with Crippen molar-refractivity contribution < 1.29 is 27.6 Å². The van der Waals surface area contributed by atoms with Crippen LogP contribution in [0.25, 0.3) is 0 Å². The molecular weight excluding hydrogens is 286 g/mol. The summed E-state index contributed by atoms with van der Waals surface area (Å²) in [5.41, 5.74) is 0. The number of halogens is 2. The zero-order chi connectivity index (χ0) is 14.8. The van der Waals surface area contributed by atoms with Crippen LogP contribution >= 0.6 is 0 Å². The molecule has 21 heavy (non-hydrogen) atoms. The van der Waals surface area contributed by atoms with Crippen molar-refractivity contribution in [2.75, 3.05) is 6.61 Å². The smallest absolute Gasteiger partial charge is 0.296 e. The molecule has 110 valence electrons. The highest BCUT2D eigenvalue weighted by atomic mass is 19.3. The van der Waals surface area contributed by atoms with Crippen LogP contribution in [0, 0.1) is 0 Å². The van der Waals surface area contributed by atoms with Crippen LogP contribution in [-0.4, -0.2) is 29.0 Å². The molecule has 1 aliphatic heterocycles. The van der Waals surface area contributed by atoms with Gasteiger partial charge in [0, 0.05) is 0 Å². The van der Waals surface area contributed by atoms with E-state index in [1.165, 1.54) is 0 Å². The maximum atomic E-state index is 12.2. The van der Waals surface area contributed by atoms with Crippen molar-refractivity contribution in [1.82, 2.24) is 10.1 Å². The second-order valence-corrected chi connectivity index (χ2v) is 4.35. The molecule has 8 heteroatoms. The summed E-state index contributed by atoms with van der Waals surface area (Å²) < 4.78 is 40.2. The summed E-state index contributed by atoms with van der Waals surface area (Å²) in [6.07, 6.45) is -4.27. The summed E-state index contributed by atoms with van der Waals surface area (Å²) in [5, 5.41) is 3.64. The highest BCUT2D eigenvalue weighted by Crippen LogP contribution is 2.35. The number of Topliss-reactive ketones (excluding diaryl/α,β-unsaturated/α-hetero) is 1. The monoisotopic (exact) mass is 296 g/mol. The van der Waals surface area contributed by atoms with Crippen molar-refractivity contribution in [2.45, 2.75) is 19.0 Å². The van der Waals surface area contributed by atoms with Gasteiger partial charge in [-0.1, -0.05) is 17.3 Å². The second-order valence-electron chi connectivity index (χ2n) is 4.35. The summed E-state index contributed by atoms with van der Waals surface area (Å²) in [4.78, 5) is 14.8. The van der Waals surface area contributed by atoms with Crippen LogP contribution in [-0.2, 0) is 11.2 Å². The Kier molecular flexibility index (Phi) is 3.51. The van der Waals surface area contributed by atoms with Crippen LogP contribution in [0.4, 0.5) is 8.78 Å². The zero-order valence-electron chi connectivity index (χ0n) is 10.7. The maximum absolute atomic E-state index is 12.2. The predicted octanol–water partition coefficient (Wildman–Crippen LogP) is 1.96. The van der Waals surface area contributed by atoms with Crippen molar-refractivity contribution in [1.29, 1.82) is 0 Å². The van der Waals surface area contributed by atoms with Gasteiger partial charge in [0.1, 0.15) is 6.61 Å². The van der Waals surface area contributed by atoms with Gasteiger partial charge in [0.15, 0.2) is 17.6 Å². The highest BCUT2D eigenvalue weighted by Gasteiger charge is 2.28. The Balaban J connectivity index is 1.72. The molecule has 1 aromatic carbocycles. The number of benzene rings is 1. The molecule has 2 heterocycles. The normalized spacial score (nSPS) is 17.0. The number of rotatable bonds is 4. The molecule has 0 amide bonds. The lowest BCUT2D eigenvalue weighted by Gasteiger charge is -2.24. The lowest BCUT2D eigenvalue weighted by molar-refractivity contribution is -0.129. The summed E-state index contributed by atoms with van der Waals surface area (Å²) in [7, 11) is 0. The van der Waals surface area contributed by atoms with Crippen molar-refractivity contribution in [3.63, 3.8) is 0 Å². The van der Waals surface area contributed by atoms with Gasteiger partial charge >= 0.3 is 0 Å². The molecule has 0 N–H and O–H groups in total. The van der Waals surface area contributed by atoms with E-state index >= 15 is 0 Å². The summed E-state index contributed by atoms with van der Waals surface area (Å²) in [6.45, 7) is 0.165. The molecule has 1 aromatic heterocycles. The molecule has 1 unspecified atom stereocenters. The largest absolute Gasteiger partial charge is 0.485 e. The van der Waals surface area contributed by atoms with E-state index < -0.39 is 24.7 Å². The zero-order valence-corrected chi connectivity index (χ0v) is 10.7. The number of hydrogen-bond donors (Lipinski definition) is 0. The Bertz CT molecular complexity index is 659. The van der Waals surface area contributed by atoms with E-state index in [0.29, 0.717) is 11.5 Å². The van der Waals surface area contributed by atoms with E-state index in [1.54, 1.807) is 18.2 Å². The Labute approximate surface area is 117 Å². The third-order valence-electron chi connectivity index (χ3n) is 2.85. The molecular formula is C13H10F2N2O4. The van der Waals surface area contributed by atoms with Gasteiger partial charge in [0.25, 0.3) is 6.43 Å². The quantitative estimate of drug-likeness (QED) is 0.858. The minimum Gasteiger partial charge on any atom is -0.485 e. The van der Waals surface area contributed by atoms with E-state index in [4.69, 9.17) is 14.0 Å². The third kappa shape index (κ3) is 2.83. The maximum Gasteiger partial charge on any atom is 0.296 e. The SMILES string of the molecule is O=C(Cc1nc(C2COc3ccccc3O2)no1)C(F)F. The Morgan fingerprint density at radius 2 is 2.10 bits per heavy atom. The highest BCUT2D eigenvalue weighted by molar-refractivity contribution is 5.82. The fourth-order valence-electron chi connectivity index (χ4n) is 1.84. The summed E-state index contributed by atoms with van der Waals surface area (Å²) in [5.74, 6) is -0.148. The van der Waals surface area contributed by atoms with E-state index in [1.807, 2.05) is 6.07 Å². The van der Waals surface area contributed by atoms with Gasteiger partial charge in [0.2, 0.25) is 17.5 Å². The number of ketones is 1. The average molecular weight is 296 g/mol. The number of para-hydroxylation sites is 2. The molecule has 1 atom stereocenters. The van der Waals surface area contributed by atoms with Gasteiger partial charge in [-0.05, 0) is 12.1 Å². The van der Waals surface area contributed by atoms with Crippen molar-refractivity contribution in [3.8, 4) is 11.5 Å². The molecule has 3 rings (SSSR count). The number of carbonyl (C=O) groups is 1. The van der Waals surface area contributed by atoms with Crippen LogP contribution < -0.4 is 9.47 Å². The molecule has 6 nitrogen and oxygen atoms in total. The Morgan fingerprint density at radius 3 is 2.86 bits per heavy atom. The van der Waals surface area contributed by atoms with E-state index in [9.17, 15) is 13.6 Å². The minimum atomic E-state index is -3.05. The third-order valence-corrected chi connectivity index (χ3v) is 2.85. The lowest BCUT2D eigenvalue weighted by atomic mass is 10.2. The minimum absolute atomic E-state index is 0.154. The second kappa shape index (κ2) is 5.47. The van der Waals surface area contributed by atoms with Gasteiger partial charge in [-0.15, -0.1) is 0 Å².